The van der Waals surface area contributed by atoms with Crippen molar-refractivity contribution in [2.24, 2.45) is 0 Å². The number of nitrogens with zero attached hydrogens (tertiary/aromatic N) is 2. The number of hydrogen-bond donors (Lipinski definition) is 1. The second kappa shape index (κ2) is 9.51. The highest BCUT2D eigenvalue weighted by Crippen LogP contribution is 2.27. The highest BCUT2D eigenvalue weighted by Gasteiger charge is 2.18. The highest BCUT2D eigenvalue weighted by atomic mass is 35.5. The molecule has 2 aromatic rings. The van der Waals surface area contributed by atoms with Crippen molar-refractivity contribution in [3.05, 3.63) is 57.9 Å². The van der Waals surface area contributed by atoms with Gasteiger partial charge in [0.15, 0.2) is 0 Å². The summed E-state index contributed by atoms with van der Waals surface area (Å²) in [4.78, 5) is 31.3. The molecule has 1 heterocycles. The van der Waals surface area contributed by atoms with Gasteiger partial charge in [0.25, 0.3) is 11.8 Å². The van der Waals surface area contributed by atoms with E-state index in [1.807, 2.05) is 33.8 Å². The van der Waals surface area contributed by atoms with Crippen LogP contribution >= 0.6 is 11.6 Å². The Balaban J connectivity index is 2.24. The Bertz CT molecular complexity index is 807. The average Bonchev–Trinajstić information content (AvgIpc) is 2.63. The van der Waals surface area contributed by atoms with E-state index >= 15 is 0 Å². The zero-order valence-electron chi connectivity index (χ0n) is 16.3. The van der Waals surface area contributed by atoms with Gasteiger partial charge in [0, 0.05) is 24.8 Å². The number of hydrogen-bond acceptors (Lipinski definition) is 3. The van der Waals surface area contributed by atoms with Crippen LogP contribution in [0.1, 0.15) is 58.7 Å². The van der Waals surface area contributed by atoms with Gasteiger partial charge in [-0.15, -0.1) is 0 Å². The van der Waals surface area contributed by atoms with Crippen LogP contribution in [0, 0.1) is 13.8 Å². The van der Waals surface area contributed by atoms with Gasteiger partial charge in [0.05, 0.1) is 10.7 Å². The minimum Gasteiger partial charge on any atom is -0.337 e. The molecule has 0 aliphatic heterocycles. The maximum atomic E-state index is 12.7. The minimum atomic E-state index is -0.321. The number of amides is 2. The van der Waals surface area contributed by atoms with Crippen molar-refractivity contribution < 1.29 is 9.59 Å². The Hall–Kier alpha value is -2.40. The first kappa shape index (κ1) is 20.9. The molecule has 2 amide bonds. The summed E-state index contributed by atoms with van der Waals surface area (Å²) in [5.41, 5.74) is 3.14. The summed E-state index contributed by atoms with van der Waals surface area (Å²) < 4.78 is 0. The number of carbonyl (C=O) groups excluding carboxylic acids is 2. The van der Waals surface area contributed by atoms with Gasteiger partial charge in [0.2, 0.25) is 0 Å². The maximum Gasteiger partial charge on any atom is 0.272 e. The summed E-state index contributed by atoms with van der Waals surface area (Å²) in [5, 5.41) is 3.33. The van der Waals surface area contributed by atoms with E-state index in [1.165, 1.54) is 12.3 Å². The van der Waals surface area contributed by atoms with Gasteiger partial charge in [0.1, 0.15) is 5.69 Å². The largest absolute Gasteiger partial charge is 0.337 e. The Labute approximate surface area is 165 Å². The monoisotopic (exact) mass is 387 g/mol. The Kier molecular flexibility index (Phi) is 7.36. The molecule has 144 valence electrons. The molecule has 0 bridgehead atoms. The molecule has 0 aliphatic rings. The lowest BCUT2D eigenvalue weighted by Gasteiger charge is -2.21. The average molecular weight is 388 g/mol. The van der Waals surface area contributed by atoms with E-state index in [0.717, 1.165) is 24.0 Å². The van der Waals surface area contributed by atoms with E-state index in [0.29, 0.717) is 29.4 Å². The van der Waals surface area contributed by atoms with Crippen LogP contribution in [-0.2, 0) is 0 Å². The van der Waals surface area contributed by atoms with Crippen molar-refractivity contribution >= 4 is 29.1 Å². The van der Waals surface area contributed by atoms with Gasteiger partial charge < -0.3 is 10.2 Å². The zero-order valence-corrected chi connectivity index (χ0v) is 17.1. The molecule has 0 spiro atoms. The molecule has 0 atom stereocenters. The summed E-state index contributed by atoms with van der Waals surface area (Å²) >= 11 is 6.27. The van der Waals surface area contributed by atoms with Crippen LogP contribution in [0.3, 0.4) is 0 Å². The standard InChI is InChI=1S/C21H26ClN3O2/c1-5-9-25(10-6-2)21(27)18-13-16(7-8-23-18)20(26)24-19-15(4)11-14(3)12-17(19)22/h7-8,11-13H,5-6,9-10H2,1-4H3,(H,24,26). The van der Waals surface area contributed by atoms with E-state index in [4.69, 9.17) is 11.6 Å². The first-order valence-electron chi connectivity index (χ1n) is 9.20. The second-order valence-corrected chi connectivity index (χ2v) is 7.02. The third-order valence-corrected chi connectivity index (χ3v) is 4.48. The van der Waals surface area contributed by atoms with Crippen molar-refractivity contribution in [2.45, 2.75) is 40.5 Å². The molecule has 0 saturated heterocycles. The van der Waals surface area contributed by atoms with Crippen molar-refractivity contribution in [3.63, 3.8) is 0 Å². The van der Waals surface area contributed by atoms with Crippen LogP contribution in [0.15, 0.2) is 30.5 Å². The lowest BCUT2D eigenvalue weighted by molar-refractivity contribution is 0.0749. The smallest absolute Gasteiger partial charge is 0.272 e. The highest BCUT2D eigenvalue weighted by molar-refractivity contribution is 6.34. The number of pyridine rings is 1. The molecule has 0 radical (unpaired) electrons. The molecule has 6 heteroatoms. The fourth-order valence-corrected chi connectivity index (χ4v) is 3.33. The minimum absolute atomic E-state index is 0.155. The van der Waals surface area contributed by atoms with Crippen molar-refractivity contribution in [1.82, 2.24) is 9.88 Å². The van der Waals surface area contributed by atoms with Crippen LogP contribution in [0.2, 0.25) is 5.02 Å². The van der Waals surface area contributed by atoms with Crippen molar-refractivity contribution in [1.29, 1.82) is 0 Å². The van der Waals surface area contributed by atoms with Crippen molar-refractivity contribution in [3.8, 4) is 0 Å². The SMILES string of the molecule is CCCN(CCC)C(=O)c1cc(C(=O)Nc2c(C)cc(C)cc2Cl)ccn1. The quantitative estimate of drug-likeness (QED) is 0.737. The van der Waals surface area contributed by atoms with Gasteiger partial charge in [-0.25, -0.2) is 0 Å². The molecule has 5 nitrogen and oxygen atoms in total. The molecule has 1 aromatic heterocycles. The van der Waals surface area contributed by atoms with Crippen LogP contribution in [0.5, 0.6) is 0 Å². The summed E-state index contributed by atoms with van der Waals surface area (Å²) in [6.07, 6.45) is 3.23. The van der Waals surface area contributed by atoms with Gasteiger partial charge in [-0.3, -0.25) is 14.6 Å². The number of aromatic nitrogens is 1. The summed E-state index contributed by atoms with van der Waals surface area (Å²) in [6.45, 7) is 9.24. The molecular formula is C21H26ClN3O2. The number of aryl methyl sites for hydroxylation is 2. The number of rotatable bonds is 7. The topological polar surface area (TPSA) is 62.3 Å². The lowest BCUT2D eigenvalue weighted by Crippen LogP contribution is -2.33. The van der Waals surface area contributed by atoms with E-state index in [-0.39, 0.29) is 17.5 Å². The van der Waals surface area contributed by atoms with E-state index < -0.39 is 0 Å². The summed E-state index contributed by atoms with van der Waals surface area (Å²) in [5.74, 6) is -0.476. The molecule has 0 fully saturated rings. The van der Waals surface area contributed by atoms with Crippen LogP contribution in [0.4, 0.5) is 5.69 Å². The molecule has 0 aliphatic carbocycles. The number of anilines is 1. The van der Waals surface area contributed by atoms with Crippen LogP contribution in [-0.4, -0.2) is 34.8 Å². The van der Waals surface area contributed by atoms with Crippen molar-refractivity contribution in [2.75, 3.05) is 18.4 Å². The van der Waals surface area contributed by atoms with Gasteiger partial charge in [-0.1, -0.05) is 31.5 Å². The van der Waals surface area contributed by atoms with E-state index in [1.54, 1.807) is 17.0 Å². The molecule has 1 aromatic carbocycles. The number of carbonyl (C=O) groups is 2. The maximum absolute atomic E-state index is 12.7. The second-order valence-electron chi connectivity index (χ2n) is 6.61. The van der Waals surface area contributed by atoms with Gasteiger partial charge >= 0.3 is 0 Å². The predicted octanol–water partition coefficient (Wildman–Crippen LogP) is 4.87. The third kappa shape index (κ3) is 5.30. The van der Waals surface area contributed by atoms with Crippen LogP contribution in [0.25, 0.3) is 0 Å². The van der Waals surface area contributed by atoms with E-state index in [9.17, 15) is 9.59 Å². The fraction of sp³-hybridized carbons (Fsp3) is 0.381. The fourth-order valence-electron chi connectivity index (χ4n) is 2.97. The van der Waals surface area contributed by atoms with Gasteiger partial charge in [-0.05, 0) is 56.0 Å². The molecule has 2 rings (SSSR count). The molecule has 27 heavy (non-hydrogen) atoms. The third-order valence-electron chi connectivity index (χ3n) is 4.19. The molecule has 0 saturated carbocycles. The Morgan fingerprint density at radius 3 is 2.37 bits per heavy atom. The van der Waals surface area contributed by atoms with E-state index in [2.05, 4.69) is 10.3 Å². The van der Waals surface area contributed by atoms with Gasteiger partial charge in [-0.2, -0.15) is 0 Å². The normalized spacial score (nSPS) is 10.6. The predicted molar refractivity (Wildman–Crippen MR) is 110 cm³/mol. The molecule has 1 N–H and O–H groups in total. The number of halogens is 1. The Morgan fingerprint density at radius 1 is 1.11 bits per heavy atom. The first-order chi connectivity index (χ1) is 12.9. The zero-order chi connectivity index (χ0) is 20.0. The Morgan fingerprint density at radius 2 is 1.78 bits per heavy atom. The lowest BCUT2D eigenvalue weighted by atomic mass is 10.1. The summed E-state index contributed by atoms with van der Waals surface area (Å²) in [7, 11) is 0. The molecular weight excluding hydrogens is 362 g/mol. The number of benzene rings is 1. The summed E-state index contributed by atoms with van der Waals surface area (Å²) in [6, 6.07) is 6.89. The van der Waals surface area contributed by atoms with Crippen LogP contribution < -0.4 is 5.32 Å². The number of nitrogens with one attached hydrogen (secondary N) is 1. The first-order valence-corrected chi connectivity index (χ1v) is 9.58. The molecule has 0 unspecified atom stereocenters.